The number of Topliss-reactive ketones (excluding diaryl/α,β-unsaturated/α-hetero) is 1. The fourth-order valence-corrected chi connectivity index (χ4v) is 2.23. The highest BCUT2D eigenvalue weighted by Crippen LogP contribution is 2.28. The molecule has 26 heavy (non-hydrogen) atoms. The minimum Gasteiger partial charge on any atom is -0.496 e. The van der Waals surface area contributed by atoms with E-state index >= 15 is 0 Å². The zero-order valence-corrected chi connectivity index (χ0v) is 14.3. The molecule has 2 rings (SSSR count). The fraction of sp³-hybridized carbons (Fsp3) is 0.222. The molecular weight excluding hydrogens is 342 g/mol. The number of nitro groups is 1. The number of carbonyl (C=O) groups is 2. The number of para-hydroxylation sites is 1. The predicted molar refractivity (Wildman–Crippen MR) is 91.9 cm³/mol. The minimum atomic E-state index is -0.848. The van der Waals surface area contributed by atoms with Crippen molar-refractivity contribution in [2.24, 2.45) is 0 Å². The van der Waals surface area contributed by atoms with Gasteiger partial charge in [0, 0.05) is 6.07 Å². The van der Waals surface area contributed by atoms with Crippen molar-refractivity contribution in [3.63, 3.8) is 0 Å². The van der Waals surface area contributed by atoms with E-state index in [9.17, 15) is 19.7 Å². The van der Waals surface area contributed by atoms with Gasteiger partial charge in [0.1, 0.15) is 5.75 Å². The highest BCUT2D eigenvalue weighted by Gasteiger charge is 2.20. The third-order valence-corrected chi connectivity index (χ3v) is 3.43. The van der Waals surface area contributed by atoms with Crippen LogP contribution < -0.4 is 9.47 Å². The van der Waals surface area contributed by atoms with Gasteiger partial charge in [0.15, 0.2) is 12.4 Å². The maximum atomic E-state index is 12.2. The smallest absolute Gasteiger partial charge is 0.338 e. The van der Waals surface area contributed by atoms with Gasteiger partial charge in [-0.25, -0.2) is 4.79 Å². The summed E-state index contributed by atoms with van der Waals surface area (Å²) in [6, 6.07) is 10.3. The monoisotopic (exact) mass is 359 g/mol. The molecule has 0 aliphatic carbocycles. The quantitative estimate of drug-likeness (QED) is 0.309. The molecule has 0 aliphatic heterocycles. The van der Waals surface area contributed by atoms with Crippen molar-refractivity contribution in [3.05, 3.63) is 63.7 Å². The van der Waals surface area contributed by atoms with Crippen molar-refractivity contribution in [2.75, 3.05) is 20.3 Å². The molecule has 0 unspecified atom stereocenters. The molecule has 0 amide bonds. The minimum absolute atomic E-state index is 0.0482. The fourth-order valence-electron chi connectivity index (χ4n) is 2.23. The Morgan fingerprint density at radius 3 is 2.50 bits per heavy atom. The van der Waals surface area contributed by atoms with Crippen LogP contribution in [0.15, 0.2) is 42.5 Å². The second-order valence-electron chi connectivity index (χ2n) is 5.07. The molecule has 8 nitrogen and oxygen atoms in total. The maximum absolute atomic E-state index is 12.2. The van der Waals surface area contributed by atoms with E-state index in [0.29, 0.717) is 5.75 Å². The van der Waals surface area contributed by atoms with Crippen molar-refractivity contribution in [1.82, 2.24) is 0 Å². The summed E-state index contributed by atoms with van der Waals surface area (Å²) in [5, 5.41) is 11.1. The Kier molecular flexibility index (Phi) is 6.26. The predicted octanol–water partition coefficient (Wildman–Crippen LogP) is 3.04. The molecule has 2 aromatic rings. The summed E-state index contributed by atoms with van der Waals surface area (Å²) in [5.74, 6) is -0.875. The van der Waals surface area contributed by atoms with Gasteiger partial charge in [-0.2, -0.15) is 0 Å². The van der Waals surface area contributed by atoms with Gasteiger partial charge in [0.2, 0.25) is 5.78 Å². The summed E-state index contributed by atoms with van der Waals surface area (Å²) < 4.78 is 15.2. The molecule has 0 bridgehead atoms. The average Bonchev–Trinajstić information content (AvgIpc) is 2.66. The number of benzene rings is 2. The van der Waals surface area contributed by atoms with Gasteiger partial charge in [-0.3, -0.25) is 14.9 Å². The van der Waals surface area contributed by atoms with Gasteiger partial charge in [-0.15, -0.1) is 0 Å². The van der Waals surface area contributed by atoms with E-state index in [-0.39, 0.29) is 29.2 Å². The number of ether oxygens (including phenoxy) is 3. The molecule has 136 valence electrons. The molecule has 0 saturated carbocycles. The second-order valence-corrected chi connectivity index (χ2v) is 5.07. The summed E-state index contributed by atoms with van der Waals surface area (Å²) in [6.07, 6.45) is 0. The first-order valence-electron chi connectivity index (χ1n) is 7.72. The van der Waals surface area contributed by atoms with Crippen molar-refractivity contribution in [1.29, 1.82) is 0 Å². The highest BCUT2D eigenvalue weighted by atomic mass is 16.6. The molecule has 0 radical (unpaired) electrons. The molecule has 0 heterocycles. The summed E-state index contributed by atoms with van der Waals surface area (Å²) in [4.78, 5) is 34.7. The summed E-state index contributed by atoms with van der Waals surface area (Å²) in [6.45, 7) is 1.42. The van der Waals surface area contributed by atoms with Crippen molar-refractivity contribution in [3.8, 4) is 11.5 Å². The third kappa shape index (κ3) is 4.35. The molecule has 0 saturated heterocycles. The van der Waals surface area contributed by atoms with Crippen LogP contribution in [0.3, 0.4) is 0 Å². The first-order chi connectivity index (χ1) is 12.5. The van der Waals surface area contributed by atoms with Crippen LogP contribution >= 0.6 is 0 Å². The van der Waals surface area contributed by atoms with E-state index in [4.69, 9.17) is 14.2 Å². The van der Waals surface area contributed by atoms with E-state index < -0.39 is 23.3 Å². The lowest BCUT2D eigenvalue weighted by Crippen LogP contribution is -2.15. The summed E-state index contributed by atoms with van der Waals surface area (Å²) in [7, 11) is 1.43. The van der Waals surface area contributed by atoms with E-state index in [1.165, 1.54) is 19.2 Å². The lowest BCUT2D eigenvalue weighted by molar-refractivity contribution is -0.385. The third-order valence-electron chi connectivity index (χ3n) is 3.43. The van der Waals surface area contributed by atoms with Crippen LogP contribution in [0.4, 0.5) is 5.69 Å². The maximum Gasteiger partial charge on any atom is 0.338 e. The van der Waals surface area contributed by atoms with E-state index in [1.54, 1.807) is 31.2 Å². The molecule has 8 heteroatoms. The van der Waals surface area contributed by atoms with Crippen LogP contribution in [0.2, 0.25) is 0 Å². The Hall–Kier alpha value is -3.42. The number of hydrogen-bond donors (Lipinski definition) is 0. The van der Waals surface area contributed by atoms with Crippen LogP contribution in [0.25, 0.3) is 0 Å². The van der Waals surface area contributed by atoms with Crippen LogP contribution in [0, 0.1) is 10.1 Å². The number of ketones is 1. The molecule has 0 fully saturated rings. The number of nitrogens with zero attached hydrogens (tertiary/aromatic N) is 1. The summed E-state index contributed by atoms with van der Waals surface area (Å²) >= 11 is 0. The normalized spacial score (nSPS) is 10.1. The average molecular weight is 359 g/mol. The van der Waals surface area contributed by atoms with Gasteiger partial charge in [0.05, 0.1) is 29.8 Å². The first-order valence-corrected chi connectivity index (χ1v) is 7.72. The van der Waals surface area contributed by atoms with Crippen molar-refractivity contribution in [2.45, 2.75) is 6.92 Å². The summed E-state index contributed by atoms with van der Waals surface area (Å²) in [5.41, 5.74) is -0.120. The standard InChI is InChI=1S/C18H17NO7/c1-3-25-17-9-8-12(10-14(17)19(22)23)18(21)26-11-15(20)13-6-4-5-7-16(13)24-2/h4-10H,3,11H2,1-2H3. The Bertz CT molecular complexity index is 832. The highest BCUT2D eigenvalue weighted by molar-refractivity contribution is 6.01. The molecule has 0 N–H and O–H groups in total. The lowest BCUT2D eigenvalue weighted by Gasteiger charge is -2.09. The molecule has 0 spiro atoms. The Morgan fingerprint density at radius 2 is 1.85 bits per heavy atom. The Balaban J connectivity index is 2.11. The van der Waals surface area contributed by atoms with E-state index in [0.717, 1.165) is 6.07 Å². The zero-order chi connectivity index (χ0) is 19.1. The van der Waals surface area contributed by atoms with E-state index in [1.807, 2.05) is 0 Å². The lowest BCUT2D eigenvalue weighted by atomic mass is 10.1. The van der Waals surface area contributed by atoms with Gasteiger partial charge in [-0.1, -0.05) is 12.1 Å². The number of carbonyl (C=O) groups excluding carboxylic acids is 2. The van der Waals surface area contributed by atoms with Crippen molar-refractivity contribution < 1.29 is 28.7 Å². The van der Waals surface area contributed by atoms with Crippen LogP contribution in [0.1, 0.15) is 27.6 Å². The van der Waals surface area contributed by atoms with Gasteiger partial charge in [-0.05, 0) is 31.2 Å². The Morgan fingerprint density at radius 1 is 1.12 bits per heavy atom. The van der Waals surface area contributed by atoms with Crippen LogP contribution in [0.5, 0.6) is 11.5 Å². The molecule has 2 aromatic carbocycles. The largest absolute Gasteiger partial charge is 0.496 e. The topological polar surface area (TPSA) is 105 Å². The van der Waals surface area contributed by atoms with Crippen molar-refractivity contribution >= 4 is 17.4 Å². The molecule has 0 atom stereocenters. The number of hydrogen-bond acceptors (Lipinski definition) is 7. The number of methoxy groups -OCH3 is 1. The van der Waals surface area contributed by atoms with Gasteiger partial charge < -0.3 is 14.2 Å². The second kappa shape index (κ2) is 8.61. The molecule has 0 aromatic heterocycles. The number of esters is 1. The first kappa shape index (κ1) is 18.9. The van der Waals surface area contributed by atoms with E-state index in [2.05, 4.69) is 0 Å². The van der Waals surface area contributed by atoms with Gasteiger partial charge in [0.25, 0.3) is 0 Å². The zero-order valence-electron chi connectivity index (χ0n) is 14.3. The number of nitro benzene ring substituents is 1. The molecular formula is C18H17NO7. The number of rotatable bonds is 8. The SMILES string of the molecule is CCOc1ccc(C(=O)OCC(=O)c2ccccc2OC)cc1[N+](=O)[O-]. The van der Waals surface area contributed by atoms with Crippen LogP contribution in [-0.2, 0) is 4.74 Å². The van der Waals surface area contributed by atoms with Crippen LogP contribution in [-0.4, -0.2) is 37.0 Å². The molecule has 0 aliphatic rings. The Labute approximate surface area is 149 Å². The van der Waals surface area contributed by atoms with Gasteiger partial charge >= 0.3 is 11.7 Å².